The number of hydrogen-bond acceptors (Lipinski definition) is 10. The van der Waals surface area contributed by atoms with E-state index in [0.29, 0.717) is 17.1 Å². The highest BCUT2D eigenvalue weighted by atomic mass is 35.5. The molecule has 0 fully saturated rings. The molecule has 0 saturated carbocycles. The number of sulfonamides is 1. The summed E-state index contributed by atoms with van der Waals surface area (Å²) < 4.78 is 90.4. The molecule has 0 saturated heterocycles. The molecule has 0 radical (unpaired) electrons. The van der Waals surface area contributed by atoms with Crippen LogP contribution in [0, 0.1) is 0 Å². The largest absolute Gasteiger partial charge is 0.573 e. The Labute approximate surface area is 316 Å². The van der Waals surface area contributed by atoms with Crippen molar-refractivity contribution >= 4 is 45.2 Å². The van der Waals surface area contributed by atoms with Crippen LogP contribution in [0.4, 0.5) is 23.7 Å². The van der Waals surface area contributed by atoms with E-state index in [-0.39, 0.29) is 46.3 Å². The lowest BCUT2D eigenvalue weighted by atomic mass is 9.82. The maximum absolute atomic E-state index is 15.2. The van der Waals surface area contributed by atoms with Gasteiger partial charge in [0.05, 0.1) is 25.9 Å². The Balaban J connectivity index is 1.88. The number of methoxy groups -OCH3 is 2. The van der Waals surface area contributed by atoms with Crippen LogP contribution >= 0.6 is 11.6 Å². The number of anilines is 1. The van der Waals surface area contributed by atoms with Gasteiger partial charge in [-0.25, -0.2) is 17.5 Å². The van der Waals surface area contributed by atoms with Gasteiger partial charge in [-0.3, -0.25) is 14.9 Å². The molecule has 4 rings (SSSR count). The van der Waals surface area contributed by atoms with Gasteiger partial charge in [0.2, 0.25) is 5.91 Å². The van der Waals surface area contributed by atoms with Crippen molar-refractivity contribution in [3.05, 3.63) is 76.8 Å². The second-order valence-corrected chi connectivity index (χ2v) is 15.6. The minimum Gasteiger partial charge on any atom is -0.497 e. The highest BCUT2D eigenvalue weighted by Gasteiger charge is 2.59. The number of para-hydroxylation sites is 1. The Morgan fingerprint density at radius 1 is 0.944 bits per heavy atom. The van der Waals surface area contributed by atoms with Crippen LogP contribution in [0.15, 0.2) is 65.6 Å². The number of benzene rings is 3. The van der Waals surface area contributed by atoms with E-state index >= 15 is 4.79 Å². The third-order valence-corrected chi connectivity index (χ3v) is 10.2. The third-order valence-electron chi connectivity index (χ3n) is 8.21. The van der Waals surface area contributed by atoms with E-state index in [9.17, 15) is 31.2 Å². The molecule has 3 amide bonds. The smallest absolute Gasteiger partial charge is 0.497 e. The van der Waals surface area contributed by atoms with Crippen molar-refractivity contribution in [2.45, 2.75) is 68.5 Å². The van der Waals surface area contributed by atoms with Gasteiger partial charge in [0, 0.05) is 42.9 Å². The first kappa shape index (κ1) is 42.0. The molecule has 1 aliphatic rings. The lowest BCUT2D eigenvalue weighted by molar-refractivity contribution is -0.275. The summed E-state index contributed by atoms with van der Waals surface area (Å²) in [5, 5.41) is 5.89. The van der Waals surface area contributed by atoms with Gasteiger partial charge in [0.15, 0.2) is 11.3 Å². The topological polar surface area (TPSA) is 153 Å². The van der Waals surface area contributed by atoms with Gasteiger partial charge >= 0.3 is 12.5 Å². The van der Waals surface area contributed by atoms with Crippen LogP contribution in [0.25, 0.3) is 0 Å². The van der Waals surface area contributed by atoms with E-state index < -0.39 is 62.1 Å². The number of fused-ring (bicyclic) bond motifs is 1. The van der Waals surface area contributed by atoms with Crippen LogP contribution < -0.4 is 29.1 Å². The van der Waals surface area contributed by atoms with Crippen LogP contribution in [0.2, 0.25) is 5.02 Å². The number of ether oxygens (including phenoxy) is 4. The van der Waals surface area contributed by atoms with Crippen LogP contribution in [0.3, 0.4) is 0 Å². The normalized spacial score (nSPS) is 16.4. The fourth-order valence-corrected chi connectivity index (χ4v) is 7.71. The van der Waals surface area contributed by atoms with Crippen molar-refractivity contribution in [2.75, 3.05) is 39.2 Å². The number of nitrogens with one attached hydrogen (secondary N) is 2. The molecule has 294 valence electrons. The van der Waals surface area contributed by atoms with Gasteiger partial charge in [0.25, 0.3) is 15.9 Å². The Morgan fingerprint density at radius 3 is 2.24 bits per heavy atom. The molecular formula is C36H42ClF3N4O9S. The zero-order chi connectivity index (χ0) is 40.2. The number of alkyl halides is 3. The first-order valence-corrected chi connectivity index (χ1v) is 18.4. The van der Waals surface area contributed by atoms with Crippen LogP contribution in [-0.2, 0) is 29.9 Å². The molecule has 54 heavy (non-hydrogen) atoms. The second-order valence-electron chi connectivity index (χ2n) is 13.4. The summed E-state index contributed by atoms with van der Waals surface area (Å²) in [6, 6.07) is 11.6. The molecule has 1 heterocycles. The van der Waals surface area contributed by atoms with E-state index in [0.717, 1.165) is 18.2 Å². The molecule has 2 N–H and O–H groups in total. The van der Waals surface area contributed by atoms with E-state index in [1.165, 1.54) is 63.5 Å². The number of unbranched alkanes of at least 4 members (excludes halogenated alkanes) is 1. The predicted molar refractivity (Wildman–Crippen MR) is 193 cm³/mol. The monoisotopic (exact) mass is 798 g/mol. The fourth-order valence-electron chi connectivity index (χ4n) is 5.97. The molecule has 3 aromatic carbocycles. The highest BCUT2D eigenvalue weighted by molar-refractivity contribution is 7.93. The van der Waals surface area contributed by atoms with Crippen molar-refractivity contribution in [1.82, 2.24) is 15.5 Å². The van der Waals surface area contributed by atoms with Crippen molar-refractivity contribution in [1.29, 1.82) is 0 Å². The molecule has 0 spiro atoms. The second kappa shape index (κ2) is 16.3. The average molecular weight is 799 g/mol. The maximum atomic E-state index is 15.2. The standard InChI is InChI=1S/C36H42ClF3N4O9S/c1-34(2,3)53-33(47)41-19-11-10-13-26(31(45)43(4)5)42-35(24-12-8-9-14-28(24)51-7)25-20-22(37)15-17-27(25)44(32(35)46)54(48,49)30-18-16-23(50-6)21-29(30)52-36(38,39)40/h8-9,12,14-18,20-21,26,42H,10-11,13,19H2,1-7H3,(H,41,47)/t26-,35?/m0/s1. The number of carbonyl (C=O) groups is 3. The van der Waals surface area contributed by atoms with Gasteiger partial charge in [-0.05, 0) is 76.4 Å². The average Bonchev–Trinajstić information content (AvgIpc) is 3.32. The van der Waals surface area contributed by atoms with E-state index in [2.05, 4.69) is 15.4 Å². The predicted octanol–water partition coefficient (Wildman–Crippen LogP) is 5.98. The number of nitrogens with zero attached hydrogens (tertiary/aromatic N) is 2. The van der Waals surface area contributed by atoms with Gasteiger partial charge < -0.3 is 29.2 Å². The van der Waals surface area contributed by atoms with Gasteiger partial charge in [0.1, 0.15) is 22.0 Å². The quantitative estimate of drug-likeness (QED) is 0.187. The summed E-state index contributed by atoms with van der Waals surface area (Å²) in [6.45, 7) is 5.37. The SMILES string of the molecule is COc1ccc(S(=O)(=O)N2C(=O)C(N[C@@H](CCCCNC(=O)OC(C)(C)C)C(=O)N(C)C)(c3ccccc3OC)c3cc(Cl)ccc32)c(OC(F)(F)F)c1. The van der Waals surface area contributed by atoms with Crippen LogP contribution in [0.5, 0.6) is 17.2 Å². The summed E-state index contributed by atoms with van der Waals surface area (Å²) in [5.41, 5.74) is -3.12. The molecule has 0 aromatic heterocycles. The summed E-state index contributed by atoms with van der Waals surface area (Å²) >= 11 is 6.49. The Hall–Kier alpha value is -4.74. The van der Waals surface area contributed by atoms with Gasteiger partial charge in [-0.1, -0.05) is 29.8 Å². The maximum Gasteiger partial charge on any atom is 0.573 e. The summed E-state index contributed by atoms with van der Waals surface area (Å²) in [4.78, 5) is 41.5. The summed E-state index contributed by atoms with van der Waals surface area (Å²) in [5.74, 6) is -2.86. The van der Waals surface area contributed by atoms with Crippen molar-refractivity contribution in [2.24, 2.45) is 0 Å². The van der Waals surface area contributed by atoms with Crippen LogP contribution in [0.1, 0.15) is 51.2 Å². The first-order chi connectivity index (χ1) is 25.2. The molecular weight excluding hydrogens is 757 g/mol. The fraction of sp³-hybridized carbons (Fsp3) is 0.417. The first-order valence-electron chi connectivity index (χ1n) is 16.6. The number of rotatable bonds is 14. The van der Waals surface area contributed by atoms with Crippen molar-refractivity contribution in [3.8, 4) is 17.2 Å². The lowest BCUT2D eigenvalue weighted by Crippen LogP contribution is -2.59. The number of halogens is 4. The highest BCUT2D eigenvalue weighted by Crippen LogP contribution is 2.51. The molecule has 0 bridgehead atoms. The number of amides is 3. The van der Waals surface area contributed by atoms with Crippen molar-refractivity contribution in [3.63, 3.8) is 0 Å². The Bertz CT molecular complexity index is 1990. The molecule has 2 atom stereocenters. The van der Waals surface area contributed by atoms with Gasteiger partial charge in [-0.15, -0.1) is 13.2 Å². The molecule has 13 nitrogen and oxygen atoms in total. The Morgan fingerprint density at radius 2 is 1.63 bits per heavy atom. The molecule has 1 aliphatic heterocycles. The van der Waals surface area contributed by atoms with E-state index in [4.69, 9.17) is 25.8 Å². The molecule has 1 unspecified atom stereocenters. The zero-order valence-electron chi connectivity index (χ0n) is 30.7. The number of alkyl carbamates (subject to hydrolysis) is 1. The Kier molecular flexibility index (Phi) is 12.7. The molecule has 3 aromatic rings. The van der Waals surface area contributed by atoms with E-state index in [1.54, 1.807) is 32.9 Å². The summed E-state index contributed by atoms with van der Waals surface area (Å²) in [7, 11) is 0.273. The molecule has 0 aliphatic carbocycles. The zero-order valence-corrected chi connectivity index (χ0v) is 32.2. The number of hydrogen-bond donors (Lipinski definition) is 2. The number of likely N-dealkylation sites (N-methyl/N-ethyl adjacent to an activating group) is 1. The third kappa shape index (κ3) is 9.13. The minimum atomic E-state index is -5.32. The minimum absolute atomic E-state index is 0.0250. The summed E-state index contributed by atoms with van der Waals surface area (Å²) in [6.07, 6.45) is -5.14. The van der Waals surface area contributed by atoms with Crippen LogP contribution in [-0.4, -0.2) is 84.1 Å². The van der Waals surface area contributed by atoms with Crippen molar-refractivity contribution < 1.29 is 54.9 Å². The van der Waals surface area contributed by atoms with E-state index in [1.807, 2.05) is 0 Å². The molecule has 18 heteroatoms. The lowest BCUT2D eigenvalue weighted by Gasteiger charge is -2.36. The van der Waals surface area contributed by atoms with Gasteiger partial charge in [-0.2, -0.15) is 0 Å². The number of carbonyl (C=O) groups excluding carboxylic acids is 3.